The van der Waals surface area contributed by atoms with E-state index in [2.05, 4.69) is 20.9 Å². The molecule has 15 heavy (non-hydrogen) atoms. The fourth-order valence-corrected chi connectivity index (χ4v) is 2.22. The van der Waals surface area contributed by atoms with E-state index in [1.54, 1.807) is 11.6 Å². The molecule has 0 aliphatic heterocycles. The van der Waals surface area contributed by atoms with Crippen molar-refractivity contribution < 1.29 is 9.90 Å². The molecule has 0 atom stereocenters. The number of aryl methyl sites for hydroxylation is 2. The Hall–Kier alpha value is -1.36. The van der Waals surface area contributed by atoms with Crippen molar-refractivity contribution in [2.24, 2.45) is 7.05 Å². The predicted molar refractivity (Wildman–Crippen MR) is 60.1 cm³/mol. The Kier molecular flexibility index (Phi) is 2.26. The van der Waals surface area contributed by atoms with Crippen molar-refractivity contribution >= 4 is 32.9 Å². The fraction of sp³-hybridized carbons (Fsp3) is 0.200. The van der Waals surface area contributed by atoms with Crippen molar-refractivity contribution in [3.8, 4) is 0 Å². The summed E-state index contributed by atoms with van der Waals surface area (Å²) in [6.07, 6.45) is 0. The van der Waals surface area contributed by atoms with Crippen molar-refractivity contribution in [1.29, 1.82) is 0 Å². The SMILES string of the molecule is Cc1cc(Br)c2nc(C(=O)O)n(C)c2c1. The molecule has 2 rings (SSSR count). The molecule has 0 saturated heterocycles. The molecule has 0 bridgehead atoms. The molecule has 1 aromatic heterocycles. The van der Waals surface area contributed by atoms with Crippen LogP contribution in [-0.2, 0) is 7.05 Å². The average molecular weight is 269 g/mol. The number of imidazole rings is 1. The summed E-state index contributed by atoms with van der Waals surface area (Å²) in [7, 11) is 1.70. The van der Waals surface area contributed by atoms with Crippen LogP contribution in [0.25, 0.3) is 11.0 Å². The molecular weight excluding hydrogens is 260 g/mol. The first-order valence-electron chi connectivity index (χ1n) is 4.36. The van der Waals surface area contributed by atoms with Crippen LogP contribution in [0.3, 0.4) is 0 Å². The van der Waals surface area contributed by atoms with Gasteiger partial charge in [-0.2, -0.15) is 0 Å². The number of fused-ring (bicyclic) bond motifs is 1. The Balaban J connectivity index is 2.88. The normalized spacial score (nSPS) is 10.9. The fourth-order valence-electron chi connectivity index (χ4n) is 1.57. The van der Waals surface area contributed by atoms with Gasteiger partial charge in [0.25, 0.3) is 0 Å². The summed E-state index contributed by atoms with van der Waals surface area (Å²) in [5.74, 6) is -0.963. The highest BCUT2D eigenvalue weighted by atomic mass is 79.9. The van der Waals surface area contributed by atoms with Gasteiger partial charge in [0.2, 0.25) is 5.82 Å². The van der Waals surface area contributed by atoms with Gasteiger partial charge in [-0.25, -0.2) is 9.78 Å². The van der Waals surface area contributed by atoms with Crippen LogP contribution in [0.15, 0.2) is 16.6 Å². The van der Waals surface area contributed by atoms with E-state index in [4.69, 9.17) is 5.11 Å². The lowest BCUT2D eigenvalue weighted by molar-refractivity contribution is 0.0680. The van der Waals surface area contributed by atoms with Gasteiger partial charge in [-0.1, -0.05) is 0 Å². The topological polar surface area (TPSA) is 55.1 Å². The number of nitrogens with zero attached hydrogens (tertiary/aromatic N) is 2. The lowest BCUT2D eigenvalue weighted by atomic mass is 10.2. The standard InChI is InChI=1S/C10H9BrN2O2/c1-5-3-6(11)8-7(4-5)13(2)9(12-8)10(14)15/h3-4H,1-2H3,(H,14,15). The van der Waals surface area contributed by atoms with E-state index in [0.717, 1.165) is 15.6 Å². The molecule has 0 amide bonds. The lowest BCUT2D eigenvalue weighted by Crippen LogP contribution is -2.05. The number of aromatic nitrogens is 2. The van der Waals surface area contributed by atoms with Gasteiger partial charge in [0.1, 0.15) is 5.52 Å². The zero-order valence-electron chi connectivity index (χ0n) is 8.28. The molecule has 5 heteroatoms. The van der Waals surface area contributed by atoms with Crippen LogP contribution in [-0.4, -0.2) is 20.6 Å². The number of benzene rings is 1. The van der Waals surface area contributed by atoms with Gasteiger partial charge in [0.05, 0.1) is 5.52 Å². The maximum Gasteiger partial charge on any atom is 0.372 e. The number of carboxylic acids is 1. The summed E-state index contributed by atoms with van der Waals surface area (Å²) in [5, 5.41) is 8.93. The Morgan fingerprint density at radius 3 is 2.80 bits per heavy atom. The van der Waals surface area contributed by atoms with Crippen LogP contribution in [0.1, 0.15) is 16.2 Å². The van der Waals surface area contributed by atoms with Gasteiger partial charge in [-0.3, -0.25) is 0 Å². The third-order valence-corrected chi connectivity index (χ3v) is 2.88. The second kappa shape index (κ2) is 3.34. The van der Waals surface area contributed by atoms with E-state index < -0.39 is 5.97 Å². The quantitative estimate of drug-likeness (QED) is 0.864. The highest BCUT2D eigenvalue weighted by Gasteiger charge is 2.15. The molecule has 78 valence electrons. The number of carboxylic acid groups (broad SMARTS) is 1. The van der Waals surface area contributed by atoms with Crippen LogP contribution < -0.4 is 0 Å². The van der Waals surface area contributed by atoms with Gasteiger partial charge in [-0.05, 0) is 40.5 Å². The summed E-state index contributed by atoms with van der Waals surface area (Å²) in [6, 6.07) is 3.83. The number of carbonyl (C=O) groups is 1. The molecule has 1 aromatic carbocycles. The largest absolute Gasteiger partial charge is 0.475 e. The molecule has 0 radical (unpaired) electrons. The van der Waals surface area contributed by atoms with Gasteiger partial charge in [-0.15, -0.1) is 0 Å². The van der Waals surface area contributed by atoms with Crippen LogP contribution in [0, 0.1) is 6.92 Å². The van der Waals surface area contributed by atoms with Gasteiger partial charge in [0.15, 0.2) is 0 Å². The summed E-state index contributed by atoms with van der Waals surface area (Å²) < 4.78 is 2.40. The summed E-state index contributed by atoms with van der Waals surface area (Å²) >= 11 is 3.38. The van der Waals surface area contributed by atoms with Crippen LogP contribution in [0.4, 0.5) is 0 Å². The molecule has 0 aliphatic rings. The maximum absolute atomic E-state index is 10.9. The number of hydrogen-bond donors (Lipinski definition) is 1. The monoisotopic (exact) mass is 268 g/mol. The van der Waals surface area contributed by atoms with Crippen LogP contribution in [0.2, 0.25) is 0 Å². The van der Waals surface area contributed by atoms with Crippen molar-refractivity contribution in [2.75, 3.05) is 0 Å². The summed E-state index contributed by atoms with van der Waals surface area (Å²) in [5.41, 5.74) is 2.56. The zero-order valence-corrected chi connectivity index (χ0v) is 9.87. The first-order chi connectivity index (χ1) is 7.00. The number of hydrogen-bond acceptors (Lipinski definition) is 2. The van der Waals surface area contributed by atoms with E-state index in [1.165, 1.54) is 0 Å². The minimum Gasteiger partial charge on any atom is -0.475 e. The van der Waals surface area contributed by atoms with Gasteiger partial charge < -0.3 is 9.67 Å². The number of aromatic carboxylic acids is 1. The zero-order chi connectivity index (χ0) is 11.2. The van der Waals surface area contributed by atoms with E-state index in [1.807, 2.05) is 19.1 Å². The highest BCUT2D eigenvalue weighted by molar-refractivity contribution is 9.10. The maximum atomic E-state index is 10.9. The minimum atomic E-state index is -1.02. The molecule has 0 fully saturated rings. The molecule has 1 N–H and O–H groups in total. The Bertz CT molecular complexity index is 560. The Morgan fingerprint density at radius 2 is 2.20 bits per heavy atom. The predicted octanol–water partition coefficient (Wildman–Crippen LogP) is 2.34. The smallest absolute Gasteiger partial charge is 0.372 e. The third-order valence-electron chi connectivity index (χ3n) is 2.28. The van der Waals surface area contributed by atoms with Crippen molar-refractivity contribution in [3.05, 3.63) is 28.0 Å². The Morgan fingerprint density at radius 1 is 1.53 bits per heavy atom. The van der Waals surface area contributed by atoms with Crippen molar-refractivity contribution in [3.63, 3.8) is 0 Å². The Labute approximate surface area is 94.7 Å². The molecule has 1 heterocycles. The first-order valence-corrected chi connectivity index (χ1v) is 5.16. The van der Waals surface area contributed by atoms with Crippen LogP contribution in [0.5, 0.6) is 0 Å². The summed E-state index contributed by atoms with van der Waals surface area (Å²) in [4.78, 5) is 15.0. The first kappa shape index (κ1) is 10.2. The van der Waals surface area contributed by atoms with Crippen molar-refractivity contribution in [2.45, 2.75) is 6.92 Å². The van der Waals surface area contributed by atoms with E-state index >= 15 is 0 Å². The molecule has 2 aromatic rings. The lowest BCUT2D eigenvalue weighted by Gasteiger charge is -1.99. The average Bonchev–Trinajstić information content (AvgIpc) is 2.44. The van der Waals surface area contributed by atoms with E-state index in [9.17, 15) is 4.79 Å². The second-order valence-corrected chi connectivity index (χ2v) is 4.27. The molecular formula is C10H9BrN2O2. The van der Waals surface area contributed by atoms with Crippen LogP contribution >= 0.6 is 15.9 Å². The molecule has 4 nitrogen and oxygen atoms in total. The summed E-state index contributed by atoms with van der Waals surface area (Å²) in [6.45, 7) is 1.96. The minimum absolute atomic E-state index is 0.0521. The molecule has 0 saturated carbocycles. The van der Waals surface area contributed by atoms with E-state index in [0.29, 0.717) is 5.52 Å². The highest BCUT2D eigenvalue weighted by Crippen LogP contribution is 2.25. The van der Waals surface area contributed by atoms with Gasteiger partial charge >= 0.3 is 5.97 Å². The third kappa shape index (κ3) is 1.52. The second-order valence-electron chi connectivity index (χ2n) is 3.41. The molecule has 0 unspecified atom stereocenters. The number of halogens is 1. The van der Waals surface area contributed by atoms with Gasteiger partial charge in [0, 0.05) is 11.5 Å². The molecule has 0 spiro atoms. The molecule has 0 aliphatic carbocycles. The number of rotatable bonds is 1. The van der Waals surface area contributed by atoms with E-state index in [-0.39, 0.29) is 5.82 Å². The van der Waals surface area contributed by atoms with Crippen molar-refractivity contribution in [1.82, 2.24) is 9.55 Å².